The Labute approximate surface area is 134 Å². The second-order valence-corrected chi connectivity index (χ2v) is 5.89. The maximum Gasteiger partial charge on any atom is 0.373 e. The van der Waals surface area contributed by atoms with Gasteiger partial charge in [0.1, 0.15) is 5.76 Å². The molecule has 3 rings (SSSR count). The average Bonchev–Trinajstić information content (AvgIpc) is 3.22. The van der Waals surface area contributed by atoms with E-state index in [0.29, 0.717) is 24.0 Å². The van der Waals surface area contributed by atoms with E-state index in [9.17, 15) is 4.79 Å². The molecule has 1 saturated carbocycles. The zero-order chi connectivity index (χ0) is 16.3. The van der Waals surface area contributed by atoms with E-state index in [0.717, 1.165) is 25.7 Å². The van der Waals surface area contributed by atoms with Gasteiger partial charge in [-0.15, -0.1) is 0 Å². The molecular formula is C16H21N3O4. The van der Waals surface area contributed by atoms with Crippen LogP contribution in [0.25, 0.3) is 0 Å². The van der Waals surface area contributed by atoms with Crippen molar-refractivity contribution >= 4 is 5.97 Å². The fourth-order valence-electron chi connectivity index (χ4n) is 3.07. The predicted molar refractivity (Wildman–Crippen MR) is 80.7 cm³/mol. The van der Waals surface area contributed by atoms with E-state index < -0.39 is 5.97 Å². The molecule has 2 heterocycles. The van der Waals surface area contributed by atoms with Crippen LogP contribution in [0.1, 0.15) is 60.1 Å². The van der Waals surface area contributed by atoms with Crippen LogP contribution >= 0.6 is 0 Å². The first-order valence-electron chi connectivity index (χ1n) is 7.86. The Kier molecular flexibility index (Phi) is 4.47. The smallest absolute Gasteiger partial charge is 0.373 e. The average molecular weight is 319 g/mol. The standard InChI is InChI=1S/C16H21N3O4/c1-11-18-15(19-23-11)16(8-4-3-5-9-16)17-10-12-6-7-13(22-12)14(20)21-2/h6-7,17H,3-5,8-10H2,1-2H3. The quantitative estimate of drug-likeness (QED) is 0.847. The molecule has 1 aliphatic carbocycles. The van der Waals surface area contributed by atoms with Crippen LogP contribution in [0, 0.1) is 6.92 Å². The van der Waals surface area contributed by atoms with Gasteiger partial charge in [-0.25, -0.2) is 4.79 Å². The van der Waals surface area contributed by atoms with E-state index in [1.54, 1.807) is 19.1 Å². The Hall–Kier alpha value is -2.15. The van der Waals surface area contributed by atoms with Gasteiger partial charge in [0.15, 0.2) is 5.82 Å². The van der Waals surface area contributed by atoms with Crippen molar-refractivity contribution in [3.05, 3.63) is 35.4 Å². The van der Waals surface area contributed by atoms with Crippen molar-refractivity contribution in [3.63, 3.8) is 0 Å². The third-order valence-corrected chi connectivity index (χ3v) is 4.31. The van der Waals surface area contributed by atoms with Gasteiger partial charge in [-0.1, -0.05) is 24.4 Å². The van der Waals surface area contributed by atoms with Gasteiger partial charge in [-0.2, -0.15) is 4.98 Å². The van der Waals surface area contributed by atoms with E-state index >= 15 is 0 Å². The van der Waals surface area contributed by atoms with Crippen LogP contribution in [0.2, 0.25) is 0 Å². The summed E-state index contributed by atoms with van der Waals surface area (Å²) in [6, 6.07) is 3.39. The van der Waals surface area contributed by atoms with E-state index in [1.807, 2.05) is 0 Å². The molecule has 0 amide bonds. The lowest BCUT2D eigenvalue weighted by Gasteiger charge is -2.35. The topological polar surface area (TPSA) is 90.4 Å². The summed E-state index contributed by atoms with van der Waals surface area (Å²) in [5, 5.41) is 7.64. The number of nitrogens with zero attached hydrogens (tertiary/aromatic N) is 2. The second-order valence-electron chi connectivity index (χ2n) is 5.89. The number of hydrogen-bond donors (Lipinski definition) is 1. The molecule has 7 nitrogen and oxygen atoms in total. The molecule has 0 saturated heterocycles. The van der Waals surface area contributed by atoms with Crippen LogP contribution in [0.5, 0.6) is 0 Å². The molecule has 1 N–H and O–H groups in total. The molecule has 0 bridgehead atoms. The number of hydrogen-bond acceptors (Lipinski definition) is 7. The largest absolute Gasteiger partial charge is 0.463 e. The van der Waals surface area contributed by atoms with Crippen LogP contribution in [0.3, 0.4) is 0 Å². The van der Waals surface area contributed by atoms with Gasteiger partial charge in [0.2, 0.25) is 11.7 Å². The van der Waals surface area contributed by atoms with Gasteiger partial charge in [0, 0.05) is 6.92 Å². The summed E-state index contributed by atoms with van der Waals surface area (Å²) in [6.07, 6.45) is 5.36. The fourth-order valence-corrected chi connectivity index (χ4v) is 3.07. The van der Waals surface area contributed by atoms with Crippen LogP contribution in [-0.4, -0.2) is 23.2 Å². The number of nitrogens with one attached hydrogen (secondary N) is 1. The predicted octanol–water partition coefficient (Wildman–Crippen LogP) is 2.71. The number of esters is 1. The number of aromatic nitrogens is 2. The molecule has 1 aliphatic rings. The minimum absolute atomic E-state index is 0.206. The lowest BCUT2D eigenvalue weighted by Crippen LogP contribution is -2.44. The first kappa shape index (κ1) is 15.7. The molecule has 2 aromatic rings. The van der Waals surface area contributed by atoms with E-state index in [4.69, 9.17) is 8.94 Å². The lowest BCUT2D eigenvalue weighted by atomic mass is 9.81. The number of methoxy groups -OCH3 is 1. The highest BCUT2D eigenvalue weighted by molar-refractivity contribution is 5.86. The summed E-state index contributed by atoms with van der Waals surface area (Å²) < 4.78 is 15.3. The molecule has 0 atom stereocenters. The maximum atomic E-state index is 11.5. The minimum atomic E-state index is -0.475. The van der Waals surface area contributed by atoms with E-state index in [2.05, 4.69) is 20.2 Å². The van der Waals surface area contributed by atoms with Crippen molar-refractivity contribution in [1.82, 2.24) is 15.5 Å². The van der Waals surface area contributed by atoms with Crippen LogP contribution in [0.4, 0.5) is 0 Å². The zero-order valence-corrected chi connectivity index (χ0v) is 13.4. The highest BCUT2D eigenvalue weighted by atomic mass is 16.5. The Bertz CT molecular complexity index is 670. The van der Waals surface area contributed by atoms with Gasteiger partial charge in [-0.05, 0) is 25.0 Å². The molecule has 0 aliphatic heterocycles. The maximum absolute atomic E-state index is 11.5. The molecule has 1 fully saturated rings. The number of rotatable bonds is 5. The molecule has 0 radical (unpaired) electrons. The van der Waals surface area contributed by atoms with Crippen molar-refractivity contribution in [3.8, 4) is 0 Å². The summed E-state index contributed by atoms with van der Waals surface area (Å²) in [5.41, 5.74) is -0.297. The van der Waals surface area contributed by atoms with Gasteiger partial charge in [0.25, 0.3) is 0 Å². The van der Waals surface area contributed by atoms with Gasteiger partial charge in [-0.3, -0.25) is 5.32 Å². The Balaban J connectivity index is 1.74. The third kappa shape index (κ3) is 3.29. The number of ether oxygens (including phenoxy) is 1. The second kappa shape index (κ2) is 6.54. The normalized spacial score (nSPS) is 17.1. The molecular weight excluding hydrogens is 298 g/mol. The van der Waals surface area contributed by atoms with Crippen molar-refractivity contribution in [1.29, 1.82) is 0 Å². The Morgan fingerprint density at radius 1 is 1.35 bits per heavy atom. The summed E-state index contributed by atoms with van der Waals surface area (Å²) >= 11 is 0. The van der Waals surface area contributed by atoms with Gasteiger partial charge >= 0.3 is 5.97 Å². The van der Waals surface area contributed by atoms with E-state index in [-0.39, 0.29) is 11.3 Å². The molecule has 0 unspecified atom stereocenters. The first-order chi connectivity index (χ1) is 11.1. The van der Waals surface area contributed by atoms with Gasteiger partial charge in [0.05, 0.1) is 19.2 Å². The highest BCUT2D eigenvalue weighted by Crippen LogP contribution is 2.36. The lowest BCUT2D eigenvalue weighted by molar-refractivity contribution is 0.0562. The monoisotopic (exact) mass is 319 g/mol. The van der Waals surface area contributed by atoms with Crippen LogP contribution in [-0.2, 0) is 16.8 Å². The van der Waals surface area contributed by atoms with Crippen molar-refractivity contribution in [2.75, 3.05) is 7.11 Å². The summed E-state index contributed by atoms with van der Waals surface area (Å²) in [5.74, 6) is 1.68. The molecule has 124 valence electrons. The molecule has 0 aromatic carbocycles. The molecule has 23 heavy (non-hydrogen) atoms. The third-order valence-electron chi connectivity index (χ3n) is 4.31. The zero-order valence-electron chi connectivity index (χ0n) is 13.4. The number of carbonyl (C=O) groups excluding carboxylic acids is 1. The number of carbonyl (C=O) groups is 1. The van der Waals surface area contributed by atoms with E-state index in [1.165, 1.54) is 13.5 Å². The fraction of sp³-hybridized carbons (Fsp3) is 0.562. The van der Waals surface area contributed by atoms with Gasteiger partial charge < -0.3 is 13.7 Å². The molecule has 0 spiro atoms. The Morgan fingerprint density at radius 3 is 2.78 bits per heavy atom. The van der Waals surface area contributed by atoms with Crippen molar-refractivity contribution in [2.45, 2.75) is 51.1 Å². The highest BCUT2D eigenvalue weighted by Gasteiger charge is 2.38. The Morgan fingerprint density at radius 2 is 2.13 bits per heavy atom. The number of aryl methyl sites for hydroxylation is 1. The van der Waals surface area contributed by atoms with Crippen molar-refractivity contribution in [2.24, 2.45) is 0 Å². The molecule has 2 aromatic heterocycles. The minimum Gasteiger partial charge on any atom is -0.463 e. The first-order valence-corrected chi connectivity index (χ1v) is 7.86. The summed E-state index contributed by atoms with van der Waals surface area (Å²) in [6.45, 7) is 2.28. The summed E-state index contributed by atoms with van der Waals surface area (Å²) in [4.78, 5) is 15.9. The van der Waals surface area contributed by atoms with Crippen LogP contribution in [0.15, 0.2) is 21.1 Å². The van der Waals surface area contributed by atoms with Crippen LogP contribution < -0.4 is 5.32 Å². The van der Waals surface area contributed by atoms with Crippen molar-refractivity contribution < 1.29 is 18.5 Å². The molecule has 7 heteroatoms. The number of furan rings is 1. The SMILES string of the molecule is COC(=O)c1ccc(CNC2(c3noc(C)n3)CCCCC2)o1. The summed E-state index contributed by atoms with van der Waals surface area (Å²) in [7, 11) is 1.33.